The maximum Gasteiger partial charge on any atom is 0.233 e. The number of carbonyl (C=O) groups is 1. The van der Waals surface area contributed by atoms with Crippen molar-refractivity contribution in [2.24, 2.45) is 0 Å². The van der Waals surface area contributed by atoms with E-state index in [0.29, 0.717) is 5.75 Å². The van der Waals surface area contributed by atoms with Gasteiger partial charge in [-0.3, -0.25) is 4.79 Å². The molecule has 0 aliphatic heterocycles. The van der Waals surface area contributed by atoms with Crippen LogP contribution in [0.5, 0.6) is 0 Å². The molecule has 4 aromatic rings. The fourth-order valence-corrected chi connectivity index (χ4v) is 4.89. The summed E-state index contributed by atoms with van der Waals surface area (Å²) in [6, 6.07) is 22.7. The lowest BCUT2D eigenvalue weighted by molar-refractivity contribution is -0.128. The Balaban J connectivity index is 1.43. The van der Waals surface area contributed by atoms with Gasteiger partial charge in [0.05, 0.1) is 22.0 Å². The number of hydrogen-bond donors (Lipinski definition) is 0. The smallest absolute Gasteiger partial charge is 0.233 e. The monoisotopic (exact) mass is 392 g/mol. The zero-order valence-electron chi connectivity index (χ0n) is 15.3. The first kappa shape index (κ1) is 18.0. The number of thiazole rings is 1. The van der Waals surface area contributed by atoms with Crippen molar-refractivity contribution in [3.63, 3.8) is 0 Å². The highest BCUT2D eigenvalue weighted by Crippen LogP contribution is 2.30. The zero-order chi connectivity index (χ0) is 18.8. The third-order valence-corrected chi connectivity index (χ3v) is 6.91. The number of hydrogen-bond acceptors (Lipinski definition) is 4. The lowest BCUT2D eigenvalue weighted by Crippen LogP contribution is -2.31. The van der Waals surface area contributed by atoms with Crippen LogP contribution in [-0.2, 0) is 4.79 Å². The summed E-state index contributed by atoms with van der Waals surface area (Å²) in [5.74, 6) is 0.532. The van der Waals surface area contributed by atoms with Crippen LogP contribution >= 0.6 is 23.1 Å². The average molecular weight is 393 g/mol. The van der Waals surface area contributed by atoms with Crippen molar-refractivity contribution in [1.29, 1.82) is 0 Å². The van der Waals surface area contributed by atoms with Crippen LogP contribution in [0.1, 0.15) is 18.0 Å². The first-order valence-electron chi connectivity index (χ1n) is 8.84. The number of carbonyl (C=O) groups excluding carboxylic acids is 1. The Labute approximate surface area is 167 Å². The number of fused-ring (bicyclic) bond motifs is 2. The lowest BCUT2D eigenvalue weighted by Gasteiger charge is -2.23. The maximum absolute atomic E-state index is 12.7. The number of nitrogens with zero attached hydrogens (tertiary/aromatic N) is 2. The van der Waals surface area contributed by atoms with Crippen molar-refractivity contribution in [1.82, 2.24) is 9.88 Å². The van der Waals surface area contributed by atoms with E-state index in [-0.39, 0.29) is 11.9 Å². The minimum Gasteiger partial charge on any atom is -0.336 e. The summed E-state index contributed by atoms with van der Waals surface area (Å²) in [4.78, 5) is 20.3. The van der Waals surface area contributed by atoms with Gasteiger partial charge in [-0.05, 0) is 42.0 Å². The van der Waals surface area contributed by atoms with Gasteiger partial charge < -0.3 is 4.90 Å². The SMILES string of the molecule is CC(c1nc2ccccc2s1)N(C)C(=O)CSc1ccc2ccccc2c1. The molecule has 3 nitrogen and oxygen atoms in total. The van der Waals surface area contributed by atoms with Crippen molar-refractivity contribution in [2.75, 3.05) is 12.8 Å². The molecule has 0 saturated heterocycles. The molecule has 0 fully saturated rings. The summed E-state index contributed by atoms with van der Waals surface area (Å²) in [5, 5.41) is 3.39. The molecule has 0 saturated carbocycles. The molecule has 0 radical (unpaired) electrons. The summed E-state index contributed by atoms with van der Waals surface area (Å²) in [5.41, 5.74) is 0.996. The van der Waals surface area contributed by atoms with Gasteiger partial charge in [0.15, 0.2) is 0 Å². The van der Waals surface area contributed by atoms with E-state index in [1.54, 1.807) is 28.0 Å². The number of para-hydroxylation sites is 1. The van der Waals surface area contributed by atoms with Gasteiger partial charge in [-0.15, -0.1) is 23.1 Å². The van der Waals surface area contributed by atoms with Crippen LogP contribution in [0, 0.1) is 0 Å². The van der Waals surface area contributed by atoms with Crippen LogP contribution < -0.4 is 0 Å². The summed E-state index contributed by atoms with van der Waals surface area (Å²) in [6.07, 6.45) is 0. The minimum absolute atomic E-state index is 0.0351. The van der Waals surface area contributed by atoms with Gasteiger partial charge in [0.2, 0.25) is 5.91 Å². The van der Waals surface area contributed by atoms with Gasteiger partial charge in [0.1, 0.15) is 5.01 Å². The molecule has 27 heavy (non-hydrogen) atoms. The van der Waals surface area contributed by atoms with Crippen LogP contribution in [0.4, 0.5) is 0 Å². The van der Waals surface area contributed by atoms with E-state index in [2.05, 4.69) is 41.4 Å². The van der Waals surface area contributed by atoms with Gasteiger partial charge in [0, 0.05) is 11.9 Å². The van der Waals surface area contributed by atoms with Crippen molar-refractivity contribution >= 4 is 50.0 Å². The number of benzene rings is 3. The molecule has 1 amide bonds. The summed E-state index contributed by atoms with van der Waals surface area (Å²) in [6.45, 7) is 2.04. The van der Waals surface area contributed by atoms with E-state index in [1.807, 2.05) is 44.3 Å². The molecule has 0 bridgehead atoms. The molecule has 0 N–H and O–H groups in total. The molecule has 1 atom stereocenters. The largest absolute Gasteiger partial charge is 0.336 e. The number of thioether (sulfide) groups is 1. The normalized spacial score (nSPS) is 12.4. The lowest BCUT2D eigenvalue weighted by atomic mass is 10.1. The number of aromatic nitrogens is 1. The van der Waals surface area contributed by atoms with E-state index < -0.39 is 0 Å². The van der Waals surface area contributed by atoms with E-state index in [9.17, 15) is 4.79 Å². The number of rotatable bonds is 5. The molecule has 1 heterocycles. The topological polar surface area (TPSA) is 33.2 Å². The van der Waals surface area contributed by atoms with Gasteiger partial charge >= 0.3 is 0 Å². The van der Waals surface area contributed by atoms with Crippen LogP contribution in [0.15, 0.2) is 71.6 Å². The summed E-state index contributed by atoms with van der Waals surface area (Å²) < 4.78 is 1.16. The molecular formula is C22H20N2OS2. The molecule has 0 spiro atoms. The first-order valence-corrected chi connectivity index (χ1v) is 10.6. The molecule has 4 rings (SSSR count). The predicted octanol–water partition coefficient (Wildman–Crippen LogP) is 5.76. The first-order chi connectivity index (χ1) is 13.1. The highest BCUT2D eigenvalue weighted by Gasteiger charge is 2.20. The van der Waals surface area contributed by atoms with Gasteiger partial charge in [-0.1, -0.05) is 42.5 Å². The molecule has 3 aromatic carbocycles. The fraction of sp³-hybridized carbons (Fsp3) is 0.182. The third-order valence-electron chi connectivity index (χ3n) is 4.73. The second-order valence-electron chi connectivity index (χ2n) is 6.50. The van der Waals surface area contributed by atoms with Crippen LogP contribution in [0.25, 0.3) is 21.0 Å². The van der Waals surface area contributed by atoms with Crippen molar-refractivity contribution < 1.29 is 4.79 Å². The maximum atomic E-state index is 12.7. The molecule has 0 aliphatic carbocycles. The Bertz CT molecular complexity index is 1070. The van der Waals surface area contributed by atoms with E-state index in [1.165, 1.54) is 10.8 Å². The Morgan fingerprint density at radius 2 is 1.81 bits per heavy atom. The van der Waals surface area contributed by atoms with Gasteiger partial charge in [-0.25, -0.2) is 4.98 Å². The molecule has 0 aliphatic rings. The Kier molecular flexibility index (Phi) is 5.14. The third kappa shape index (κ3) is 3.84. The molecule has 1 unspecified atom stereocenters. The van der Waals surface area contributed by atoms with Crippen LogP contribution in [0.2, 0.25) is 0 Å². The summed E-state index contributed by atoms with van der Waals surface area (Å²) in [7, 11) is 1.86. The highest BCUT2D eigenvalue weighted by atomic mass is 32.2. The minimum atomic E-state index is -0.0351. The van der Waals surface area contributed by atoms with E-state index in [4.69, 9.17) is 0 Å². The van der Waals surface area contributed by atoms with Gasteiger partial charge in [0.25, 0.3) is 0 Å². The zero-order valence-corrected chi connectivity index (χ0v) is 16.9. The Morgan fingerprint density at radius 1 is 1.07 bits per heavy atom. The van der Waals surface area contributed by atoms with E-state index in [0.717, 1.165) is 20.1 Å². The fourth-order valence-electron chi connectivity index (χ4n) is 2.95. The van der Waals surface area contributed by atoms with Crippen molar-refractivity contribution in [3.05, 3.63) is 71.7 Å². The quantitative estimate of drug-likeness (QED) is 0.405. The average Bonchev–Trinajstić information content (AvgIpc) is 3.15. The molecule has 136 valence electrons. The van der Waals surface area contributed by atoms with E-state index >= 15 is 0 Å². The predicted molar refractivity (Wildman–Crippen MR) is 115 cm³/mol. The molecular weight excluding hydrogens is 372 g/mol. The Morgan fingerprint density at radius 3 is 2.63 bits per heavy atom. The van der Waals surface area contributed by atoms with Crippen molar-refractivity contribution in [2.45, 2.75) is 17.9 Å². The molecule has 1 aromatic heterocycles. The standard InChI is InChI=1S/C22H20N2OS2/c1-15(22-23-19-9-5-6-10-20(19)27-22)24(2)21(25)14-26-18-12-11-16-7-3-4-8-17(16)13-18/h3-13,15H,14H2,1-2H3. The van der Waals surface area contributed by atoms with Crippen molar-refractivity contribution in [3.8, 4) is 0 Å². The second-order valence-corrected chi connectivity index (χ2v) is 8.61. The number of amides is 1. The molecule has 5 heteroatoms. The van der Waals surface area contributed by atoms with Crippen LogP contribution in [0.3, 0.4) is 0 Å². The summed E-state index contributed by atoms with van der Waals surface area (Å²) >= 11 is 3.24. The Hall–Kier alpha value is -2.37. The van der Waals surface area contributed by atoms with Gasteiger partial charge in [-0.2, -0.15) is 0 Å². The van der Waals surface area contributed by atoms with Crippen LogP contribution in [-0.4, -0.2) is 28.6 Å². The second kappa shape index (κ2) is 7.71. The highest BCUT2D eigenvalue weighted by molar-refractivity contribution is 8.00.